The van der Waals surface area contributed by atoms with Crippen LogP contribution in [0.15, 0.2) is 42.7 Å². The average Bonchev–Trinajstić information content (AvgIpc) is 2.48. The number of carbonyl (C=O) groups excluding carboxylic acids is 1. The summed E-state index contributed by atoms with van der Waals surface area (Å²) in [5.41, 5.74) is 1.31. The Labute approximate surface area is 117 Å². The van der Waals surface area contributed by atoms with Crippen molar-refractivity contribution in [2.75, 3.05) is 12.4 Å². The van der Waals surface area contributed by atoms with Crippen molar-refractivity contribution in [1.29, 1.82) is 0 Å². The van der Waals surface area contributed by atoms with Crippen LogP contribution in [0.3, 0.4) is 0 Å². The fourth-order valence-corrected chi connectivity index (χ4v) is 1.71. The molecule has 0 saturated carbocycles. The van der Waals surface area contributed by atoms with Gasteiger partial charge < -0.3 is 15.4 Å². The van der Waals surface area contributed by atoms with Crippen molar-refractivity contribution >= 4 is 11.7 Å². The van der Waals surface area contributed by atoms with E-state index in [0.29, 0.717) is 11.6 Å². The van der Waals surface area contributed by atoms with E-state index in [0.717, 1.165) is 5.69 Å². The number of pyridine rings is 2. The van der Waals surface area contributed by atoms with Crippen LogP contribution in [-0.4, -0.2) is 23.1 Å². The number of hydrogen-bond donors (Lipinski definition) is 2. The van der Waals surface area contributed by atoms with Crippen LogP contribution in [0.2, 0.25) is 0 Å². The normalized spacial score (nSPS) is 11.5. The molecule has 0 bridgehead atoms. The topological polar surface area (TPSA) is 76.1 Å². The zero-order valence-corrected chi connectivity index (χ0v) is 11.3. The smallest absolute Gasteiger partial charge is 0.319 e. The maximum atomic E-state index is 11.9. The van der Waals surface area contributed by atoms with Crippen LogP contribution in [0.5, 0.6) is 5.88 Å². The Hall–Kier alpha value is -2.63. The number of urea groups is 1. The fraction of sp³-hybridized carbons (Fsp3) is 0.214. The van der Waals surface area contributed by atoms with Crippen molar-refractivity contribution in [3.05, 3.63) is 48.4 Å². The summed E-state index contributed by atoms with van der Waals surface area (Å²) in [7, 11) is 1.50. The molecule has 0 aliphatic carbocycles. The molecule has 6 nitrogen and oxygen atoms in total. The highest BCUT2D eigenvalue weighted by atomic mass is 16.5. The first-order chi connectivity index (χ1) is 9.70. The molecule has 1 unspecified atom stereocenters. The van der Waals surface area contributed by atoms with Gasteiger partial charge in [0.1, 0.15) is 5.69 Å². The van der Waals surface area contributed by atoms with Gasteiger partial charge in [0.15, 0.2) is 0 Å². The second-order valence-electron chi connectivity index (χ2n) is 4.13. The summed E-state index contributed by atoms with van der Waals surface area (Å²) < 4.78 is 5.07. The molecule has 0 spiro atoms. The van der Waals surface area contributed by atoms with Gasteiger partial charge >= 0.3 is 6.03 Å². The highest BCUT2D eigenvalue weighted by Gasteiger charge is 2.12. The van der Waals surface area contributed by atoms with Crippen LogP contribution in [-0.2, 0) is 0 Å². The van der Waals surface area contributed by atoms with Gasteiger partial charge in [0, 0.05) is 12.4 Å². The standard InChI is InChI=1S/C14H16N4O2/c1-10(11-6-3-4-8-15-11)17-14(19)18-12-7-5-9-16-13(12)20-2/h3-10H,1-2H3,(H2,17,18,19). The molecule has 0 saturated heterocycles. The zero-order valence-electron chi connectivity index (χ0n) is 11.3. The lowest BCUT2D eigenvalue weighted by Crippen LogP contribution is -2.31. The number of nitrogens with zero attached hydrogens (tertiary/aromatic N) is 2. The minimum atomic E-state index is -0.338. The number of carbonyl (C=O) groups is 1. The fourth-order valence-electron chi connectivity index (χ4n) is 1.71. The van der Waals surface area contributed by atoms with Crippen LogP contribution in [0.25, 0.3) is 0 Å². The van der Waals surface area contributed by atoms with E-state index in [1.807, 2.05) is 25.1 Å². The molecular formula is C14H16N4O2. The highest BCUT2D eigenvalue weighted by molar-refractivity contribution is 5.90. The van der Waals surface area contributed by atoms with Gasteiger partial charge in [-0.05, 0) is 31.2 Å². The van der Waals surface area contributed by atoms with Gasteiger partial charge in [-0.2, -0.15) is 0 Å². The Bertz CT molecular complexity index is 574. The van der Waals surface area contributed by atoms with E-state index in [4.69, 9.17) is 4.74 Å². The molecule has 2 amide bonds. The van der Waals surface area contributed by atoms with Crippen molar-refractivity contribution in [1.82, 2.24) is 15.3 Å². The Morgan fingerprint density at radius 1 is 1.20 bits per heavy atom. The Kier molecular flexibility index (Phi) is 4.49. The molecule has 0 aromatic carbocycles. The van der Waals surface area contributed by atoms with Crippen LogP contribution in [0.4, 0.5) is 10.5 Å². The molecule has 2 rings (SSSR count). The number of anilines is 1. The summed E-state index contributed by atoms with van der Waals surface area (Å²) in [5.74, 6) is 0.369. The number of ether oxygens (including phenoxy) is 1. The predicted octanol–water partition coefficient (Wildman–Crippen LogP) is 2.37. The van der Waals surface area contributed by atoms with Gasteiger partial charge in [-0.15, -0.1) is 0 Å². The van der Waals surface area contributed by atoms with Crippen LogP contribution >= 0.6 is 0 Å². The number of amides is 2. The van der Waals surface area contributed by atoms with Gasteiger partial charge in [-0.1, -0.05) is 6.07 Å². The number of rotatable bonds is 4. The summed E-state index contributed by atoms with van der Waals surface area (Å²) in [4.78, 5) is 20.1. The van der Waals surface area contributed by atoms with Crippen LogP contribution < -0.4 is 15.4 Å². The minimum Gasteiger partial charge on any atom is -0.480 e. The first kappa shape index (κ1) is 13.8. The molecule has 20 heavy (non-hydrogen) atoms. The van der Waals surface area contributed by atoms with E-state index < -0.39 is 0 Å². The van der Waals surface area contributed by atoms with Gasteiger partial charge in [-0.3, -0.25) is 4.98 Å². The molecule has 0 radical (unpaired) electrons. The van der Waals surface area contributed by atoms with Crippen molar-refractivity contribution in [2.45, 2.75) is 13.0 Å². The van der Waals surface area contributed by atoms with Crippen molar-refractivity contribution in [3.63, 3.8) is 0 Å². The maximum absolute atomic E-state index is 11.9. The SMILES string of the molecule is COc1ncccc1NC(=O)NC(C)c1ccccn1. The second kappa shape index (κ2) is 6.51. The first-order valence-corrected chi connectivity index (χ1v) is 6.18. The molecule has 1 atom stereocenters. The number of nitrogens with one attached hydrogen (secondary N) is 2. The van der Waals surface area contributed by atoms with Gasteiger partial charge in [0.2, 0.25) is 5.88 Å². The van der Waals surface area contributed by atoms with Gasteiger partial charge in [0.05, 0.1) is 18.8 Å². The molecule has 2 aromatic heterocycles. The van der Waals surface area contributed by atoms with E-state index in [2.05, 4.69) is 20.6 Å². The van der Waals surface area contributed by atoms with Gasteiger partial charge in [-0.25, -0.2) is 9.78 Å². The molecule has 6 heteroatoms. The Morgan fingerprint density at radius 2 is 2.00 bits per heavy atom. The summed E-state index contributed by atoms with van der Waals surface area (Å²) in [6, 6.07) is 8.47. The number of methoxy groups -OCH3 is 1. The zero-order chi connectivity index (χ0) is 14.4. The summed E-state index contributed by atoms with van der Waals surface area (Å²) in [5, 5.41) is 5.50. The quantitative estimate of drug-likeness (QED) is 0.895. The molecule has 0 fully saturated rings. The Balaban J connectivity index is 1.99. The first-order valence-electron chi connectivity index (χ1n) is 6.18. The average molecular weight is 272 g/mol. The van der Waals surface area contributed by atoms with E-state index >= 15 is 0 Å². The van der Waals surface area contributed by atoms with Crippen molar-refractivity contribution in [3.8, 4) is 5.88 Å². The van der Waals surface area contributed by atoms with Crippen molar-refractivity contribution in [2.24, 2.45) is 0 Å². The maximum Gasteiger partial charge on any atom is 0.319 e. The molecule has 0 aliphatic heterocycles. The third-order valence-corrected chi connectivity index (χ3v) is 2.69. The highest BCUT2D eigenvalue weighted by Crippen LogP contribution is 2.19. The van der Waals surface area contributed by atoms with E-state index in [9.17, 15) is 4.79 Å². The molecular weight excluding hydrogens is 256 g/mol. The van der Waals surface area contributed by atoms with E-state index in [-0.39, 0.29) is 12.1 Å². The molecule has 2 aromatic rings. The third-order valence-electron chi connectivity index (χ3n) is 2.69. The minimum absolute atomic E-state index is 0.195. The van der Waals surface area contributed by atoms with E-state index in [1.165, 1.54) is 7.11 Å². The number of hydrogen-bond acceptors (Lipinski definition) is 4. The Morgan fingerprint density at radius 3 is 2.70 bits per heavy atom. The molecule has 2 heterocycles. The third kappa shape index (κ3) is 3.44. The lowest BCUT2D eigenvalue weighted by molar-refractivity contribution is 0.249. The van der Waals surface area contributed by atoms with E-state index in [1.54, 1.807) is 24.5 Å². The lowest BCUT2D eigenvalue weighted by atomic mass is 10.2. The summed E-state index contributed by atoms with van der Waals surface area (Å²) in [6.07, 6.45) is 3.29. The monoisotopic (exact) mass is 272 g/mol. The largest absolute Gasteiger partial charge is 0.480 e. The molecule has 104 valence electrons. The molecule has 0 aliphatic rings. The van der Waals surface area contributed by atoms with Gasteiger partial charge in [0.25, 0.3) is 0 Å². The lowest BCUT2D eigenvalue weighted by Gasteiger charge is -2.14. The number of aromatic nitrogens is 2. The van der Waals surface area contributed by atoms with Crippen LogP contribution in [0.1, 0.15) is 18.7 Å². The molecule has 2 N–H and O–H groups in total. The van der Waals surface area contributed by atoms with Crippen LogP contribution in [0, 0.1) is 0 Å². The van der Waals surface area contributed by atoms with Crippen molar-refractivity contribution < 1.29 is 9.53 Å². The summed E-state index contributed by atoms with van der Waals surface area (Å²) in [6.45, 7) is 1.86. The second-order valence-corrected chi connectivity index (χ2v) is 4.13. The summed E-state index contributed by atoms with van der Waals surface area (Å²) >= 11 is 0. The predicted molar refractivity (Wildman–Crippen MR) is 75.6 cm³/mol.